The van der Waals surface area contributed by atoms with Gasteiger partial charge >= 0.3 is 0 Å². The highest BCUT2D eigenvalue weighted by atomic mass is 79.9. The fraction of sp³-hybridized carbons (Fsp3) is 0.0909. The highest BCUT2D eigenvalue weighted by molar-refractivity contribution is 9.11. The molecule has 66 valence electrons. The summed E-state index contributed by atoms with van der Waals surface area (Å²) < 4.78 is 1.20. The second kappa shape index (κ2) is 4.07. The van der Waals surface area contributed by atoms with Gasteiger partial charge in [-0.1, -0.05) is 30.4 Å². The maximum atomic E-state index is 3.47. The molecule has 0 aliphatic heterocycles. The maximum absolute atomic E-state index is 3.47. The van der Waals surface area contributed by atoms with E-state index in [1.54, 1.807) is 11.3 Å². The molecule has 1 aliphatic carbocycles. The van der Waals surface area contributed by atoms with Gasteiger partial charge in [0.05, 0.1) is 3.79 Å². The maximum Gasteiger partial charge on any atom is 0.0704 e. The van der Waals surface area contributed by atoms with Gasteiger partial charge in [-0.05, 0) is 40.1 Å². The fourth-order valence-corrected chi connectivity index (χ4v) is 2.67. The van der Waals surface area contributed by atoms with E-state index in [2.05, 4.69) is 58.4 Å². The molecule has 0 N–H and O–H groups in total. The average molecular weight is 253 g/mol. The Bertz CT molecular complexity index is 383. The molecule has 0 nitrogen and oxygen atoms in total. The highest BCUT2D eigenvalue weighted by Gasteiger charge is 2.02. The van der Waals surface area contributed by atoms with Gasteiger partial charge in [-0.25, -0.2) is 0 Å². The van der Waals surface area contributed by atoms with E-state index < -0.39 is 0 Å². The third-order valence-corrected chi connectivity index (χ3v) is 3.58. The first-order chi connectivity index (χ1) is 6.36. The van der Waals surface area contributed by atoms with E-state index in [1.807, 2.05) is 0 Å². The predicted molar refractivity (Wildman–Crippen MR) is 62.9 cm³/mol. The molecule has 0 amide bonds. The van der Waals surface area contributed by atoms with Crippen molar-refractivity contribution in [2.75, 3.05) is 0 Å². The van der Waals surface area contributed by atoms with Crippen LogP contribution < -0.4 is 0 Å². The van der Waals surface area contributed by atoms with Crippen molar-refractivity contribution < 1.29 is 0 Å². The summed E-state index contributed by atoms with van der Waals surface area (Å²) in [5.74, 6) is 0. The van der Waals surface area contributed by atoms with E-state index in [4.69, 9.17) is 0 Å². The molecule has 0 fully saturated rings. The fourth-order valence-electron chi connectivity index (χ4n) is 1.25. The molecule has 1 aromatic rings. The van der Waals surface area contributed by atoms with Crippen LogP contribution in [-0.4, -0.2) is 0 Å². The molecule has 2 heteroatoms. The second-order valence-electron chi connectivity index (χ2n) is 2.81. The van der Waals surface area contributed by atoms with Crippen molar-refractivity contribution in [3.05, 3.63) is 51.2 Å². The van der Waals surface area contributed by atoms with Gasteiger partial charge in [-0.2, -0.15) is 0 Å². The molecule has 0 radical (unpaired) electrons. The first kappa shape index (κ1) is 8.97. The predicted octanol–water partition coefficient (Wildman–Crippen LogP) is 4.41. The Kier molecular flexibility index (Phi) is 2.81. The highest BCUT2D eigenvalue weighted by Crippen LogP contribution is 2.30. The topological polar surface area (TPSA) is 0 Å². The molecular weight excluding hydrogens is 244 g/mol. The third kappa shape index (κ3) is 2.20. The van der Waals surface area contributed by atoms with E-state index >= 15 is 0 Å². The van der Waals surface area contributed by atoms with E-state index in [0.717, 1.165) is 6.42 Å². The quantitative estimate of drug-likeness (QED) is 0.695. The SMILES string of the molecule is Brc1ccc(C2=CC=CC=CC2)s1. The Hall–Kier alpha value is -0.600. The van der Waals surface area contributed by atoms with Crippen molar-refractivity contribution in [2.45, 2.75) is 6.42 Å². The molecule has 1 aromatic heterocycles. The van der Waals surface area contributed by atoms with Gasteiger partial charge in [-0.3, -0.25) is 0 Å². The number of rotatable bonds is 1. The summed E-state index contributed by atoms with van der Waals surface area (Å²) in [4.78, 5) is 1.35. The number of allylic oxidation sites excluding steroid dienone is 6. The molecule has 13 heavy (non-hydrogen) atoms. The smallest absolute Gasteiger partial charge is 0.0704 e. The molecule has 0 saturated heterocycles. The van der Waals surface area contributed by atoms with Crippen molar-refractivity contribution in [2.24, 2.45) is 0 Å². The van der Waals surface area contributed by atoms with Crippen molar-refractivity contribution >= 4 is 32.8 Å². The van der Waals surface area contributed by atoms with E-state index in [-0.39, 0.29) is 0 Å². The van der Waals surface area contributed by atoms with Gasteiger partial charge < -0.3 is 0 Å². The summed E-state index contributed by atoms with van der Waals surface area (Å²) in [5.41, 5.74) is 1.39. The Labute approximate surface area is 90.4 Å². The van der Waals surface area contributed by atoms with Crippen molar-refractivity contribution in [1.29, 1.82) is 0 Å². The van der Waals surface area contributed by atoms with Crippen LogP contribution in [0.3, 0.4) is 0 Å². The summed E-state index contributed by atoms with van der Waals surface area (Å²) in [5, 5.41) is 0. The number of halogens is 1. The van der Waals surface area contributed by atoms with Crippen LogP contribution in [0.4, 0.5) is 0 Å². The lowest BCUT2D eigenvalue weighted by Gasteiger charge is -1.97. The van der Waals surface area contributed by atoms with Crippen molar-refractivity contribution in [1.82, 2.24) is 0 Å². The van der Waals surface area contributed by atoms with Gasteiger partial charge in [0, 0.05) is 4.88 Å². The Morgan fingerprint density at radius 2 is 2.08 bits per heavy atom. The zero-order chi connectivity index (χ0) is 9.10. The third-order valence-electron chi connectivity index (χ3n) is 1.88. The van der Waals surface area contributed by atoms with Gasteiger partial charge in [-0.15, -0.1) is 11.3 Å². The summed E-state index contributed by atoms with van der Waals surface area (Å²) in [6.07, 6.45) is 11.6. The van der Waals surface area contributed by atoms with Crippen molar-refractivity contribution in [3.63, 3.8) is 0 Å². The molecular formula is C11H9BrS. The van der Waals surface area contributed by atoms with Crippen LogP contribution in [0, 0.1) is 0 Å². The summed E-state index contributed by atoms with van der Waals surface area (Å²) in [6, 6.07) is 4.26. The zero-order valence-electron chi connectivity index (χ0n) is 7.03. The first-order valence-corrected chi connectivity index (χ1v) is 5.75. The minimum Gasteiger partial charge on any atom is -0.129 e. The van der Waals surface area contributed by atoms with Gasteiger partial charge in [0.2, 0.25) is 0 Å². The van der Waals surface area contributed by atoms with Crippen LogP contribution >= 0.6 is 27.3 Å². The average Bonchev–Trinajstić information content (AvgIpc) is 2.43. The van der Waals surface area contributed by atoms with Gasteiger partial charge in [0.15, 0.2) is 0 Å². The second-order valence-corrected chi connectivity index (χ2v) is 5.28. The Balaban J connectivity index is 2.31. The van der Waals surface area contributed by atoms with Crippen LogP contribution in [0.25, 0.3) is 5.57 Å². The number of hydrogen-bond acceptors (Lipinski definition) is 1. The molecule has 0 aromatic carbocycles. The first-order valence-electron chi connectivity index (χ1n) is 4.14. The van der Waals surface area contributed by atoms with Crippen LogP contribution in [-0.2, 0) is 0 Å². The summed E-state index contributed by atoms with van der Waals surface area (Å²) in [6.45, 7) is 0. The van der Waals surface area contributed by atoms with Crippen LogP contribution in [0.1, 0.15) is 11.3 Å². The van der Waals surface area contributed by atoms with E-state index in [1.165, 1.54) is 14.2 Å². The van der Waals surface area contributed by atoms with Crippen molar-refractivity contribution in [3.8, 4) is 0 Å². The molecule has 0 atom stereocenters. The lowest BCUT2D eigenvalue weighted by Crippen LogP contribution is -1.74. The summed E-state index contributed by atoms with van der Waals surface area (Å²) >= 11 is 5.26. The van der Waals surface area contributed by atoms with E-state index in [0.29, 0.717) is 0 Å². The van der Waals surface area contributed by atoms with E-state index in [9.17, 15) is 0 Å². The van der Waals surface area contributed by atoms with Gasteiger partial charge in [0.1, 0.15) is 0 Å². The monoisotopic (exact) mass is 252 g/mol. The molecule has 1 heterocycles. The lowest BCUT2D eigenvalue weighted by atomic mass is 10.1. The standard InChI is InChI=1S/C11H9BrS/c12-11-8-7-10(13-11)9-5-3-1-2-4-6-9/h1-5,7-8H,6H2. The minimum absolute atomic E-state index is 1.03. The number of thiophene rings is 1. The minimum atomic E-state index is 1.03. The molecule has 2 rings (SSSR count). The molecule has 1 aliphatic rings. The largest absolute Gasteiger partial charge is 0.129 e. The van der Waals surface area contributed by atoms with Crippen LogP contribution in [0.15, 0.2) is 46.3 Å². The Morgan fingerprint density at radius 3 is 2.85 bits per heavy atom. The summed E-state index contributed by atoms with van der Waals surface area (Å²) in [7, 11) is 0. The zero-order valence-corrected chi connectivity index (χ0v) is 9.44. The lowest BCUT2D eigenvalue weighted by molar-refractivity contribution is 1.43. The van der Waals surface area contributed by atoms with Crippen LogP contribution in [0.5, 0.6) is 0 Å². The van der Waals surface area contributed by atoms with Gasteiger partial charge in [0.25, 0.3) is 0 Å². The molecule has 0 unspecified atom stereocenters. The molecule has 0 bridgehead atoms. The normalized spacial score (nSPS) is 15.6. The molecule has 0 spiro atoms. The Morgan fingerprint density at radius 1 is 1.15 bits per heavy atom. The number of hydrogen-bond donors (Lipinski definition) is 0. The molecule has 0 saturated carbocycles. The van der Waals surface area contributed by atoms with Crippen LogP contribution in [0.2, 0.25) is 0 Å².